The van der Waals surface area contributed by atoms with E-state index in [0.717, 1.165) is 5.56 Å². The highest BCUT2D eigenvalue weighted by atomic mass is 32.2. The number of rotatable bonds is 5. The summed E-state index contributed by atoms with van der Waals surface area (Å²) < 4.78 is 31.1. The summed E-state index contributed by atoms with van der Waals surface area (Å²) in [5.74, 6) is 0.907. The lowest BCUT2D eigenvalue weighted by Crippen LogP contribution is -2.18. The number of anilines is 1. The van der Waals surface area contributed by atoms with E-state index in [4.69, 9.17) is 15.6 Å². The van der Waals surface area contributed by atoms with Crippen LogP contribution in [0, 0.1) is 0 Å². The van der Waals surface area contributed by atoms with Gasteiger partial charge in [0, 0.05) is 0 Å². The highest BCUT2D eigenvalue weighted by molar-refractivity contribution is 7.89. The van der Waals surface area contributed by atoms with Gasteiger partial charge < -0.3 is 15.6 Å². The van der Waals surface area contributed by atoms with Gasteiger partial charge >= 0.3 is 0 Å². The molecule has 112 valence electrons. The van der Waals surface area contributed by atoms with Crippen LogP contribution < -0.4 is 15.2 Å². The van der Waals surface area contributed by atoms with E-state index in [1.165, 1.54) is 25.2 Å². The molecule has 0 amide bonds. The summed E-state index contributed by atoms with van der Waals surface area (Å²) in [6.45, 7) is -0.0427. The monoisotopic (exact) mass is 308 g/mol. The number of hydrogen-bond acceptors (Lipinski definition) is 5. The molecule has 0 heterocycles. The van der Waals surface area contributed by atoms with Crippen LogP contribution in [-0.2, 0) is 16.6 Å². The number of benzene rings is 2. The Labute approximate surface area is 123 Å². The molecule has 0 saturated heterocycles. The molecule has 0 fully saturated rings. The third kappa shape index (κ3) is 3.52. The molecule has 0 aliphatic rings. The molecule has 6 nitrogen and oxygen atoms in total. The predicted molar refractivity (Wildman–Crippen MR) is 79.5 cm³/mol. The van der Waals surface area contributed by atoms with Crippen molar-refractivity contribution in [3.8, 4) is 11.5 Å². The molecule has 2 aromatic rings. The summed E-state index contributed by atoms with van der Waals surface area (Å²) in [4.78, 5) is 0.0745. The topological polar surface area (TPSA) is 102 Å². The molecular weight excluding hydrogens is 292 g/mol. The van der Waals surface area contributed by atoms with Gasteiger partial charge in [0.25, 0.3) is 0 Å². The van der Waals surface area contributed by atoms with Crippen molar-refractivity contribution in [2.24, 2.45) is 0 Å². The van der Waals surface area contributed by atoms with Gasteiger partial charge in [0.15, 0.2) is 0 Å². The largest absolute Gasteiger partial charge is 0.455 e. The Balaban J connectivity index is 2.25. The number of nitrogen functional groups attached to an aromatic ring is 1. The van der Waals surface area contributed by atoms with Gasteiger partial charge in [-0.2, -0.15) is 0 Å². The Morgan fingerprint density at radius 1 is 1.19 bits per heavy atom. The van der Waals surface area contributed by atoms with E-state index in [1.54, 1.807) is 24.3 Å². The average Bonchev–Trinajstić information content (AvgIpc) is 2.50. The minimum atomic E-state index is -3.53. The smallest absolute Gasteiger partial charge is 0.240 e. The average molecular weight is 308 g/mol. The van der Waals surface area contributed by atoms with Crippen LogP contribution in [0.2, 0.25) is 0 Å². The van der Waals surface area contributed by atoms with E-state index in [0.29, 0.717) is 11.5 Å². The summed E-state index contributed by atoms with van der Waals surface area (Å²) in [5.41, 5.74) is 6.81. The van der Waals surface area contributed by atoms with E-state index in [9.17, 15) is 8.42 Å². The van der Waals surface area contributed by atoms with E-state index in [2.05, 4.69) is 4.72 Å². The van der Waals surface area contributed by atoms with Crippen molar-refractivity contribution in [1.29, 1.82) is 0 Å². The number of sulfonamides is 1. The van der Waals surface area contributed by atoms with Crippen LogP contribution in [-0.4, -0.2) is 20.6 Å². The summed E-state index contributed by atoms with van der Waals surface area (Å²) >= 11 is 0. The van der Waals surface area contributed by atoms with Crippen LogP contribution in [0.5, 0.6) is 11.5 Å². The number of aliphatic hydroxyl groups is 1. The van der Waals surface area contributed by atoms with Crippen LogP contribution in [0.25, 0.3) is 0 Å². The van der Waals surface area contributed by atoms with Crippen LogP contribution >= 0.6 is 0 Å². The SMILES string of the molecule is CNS(=O)(=O)c1ccc(Oc2ccc(CO)cc2)c(N)c1. The van der Waals surface area contributed by atoms with Crippen LogP contribution in [0.15, 0.2) is 47.4 Å². The normalized spacial score (nSPS) is 11.3. The molecule has 0 atom stereocenters. The molecule has 2 aromatic carbocycles. The van der Waals surface area contributed by atoms with Gasteiger partial charge in [-0.05, 0) is 42.9 Å². The number of hydrogen-bond donors (Lipinski definition) is 3. The second-order valence-electron chi connectivity index (χ2n) is 4.31. The molecule has 0 radical (unpaired) electrons. The fourth-order valence-corrected chi connectivity index (χ4v) is 2.46. The number of nitrogens with one attached hydrogen (secondary N) is 1. The first kappa shape index (κ1) is 15.3. The molecule has 0 aliphatic carbocycles. The first-order valence-corrected chi connectivity index (χ1v) is 7.65. The summed E-state index contributed by atoms with van der Waals surface area (Å²) in [7, 11) is -2.20. The minimum Gasteiger partial charge on any atom is -0.455 e. The van der Waals surface area contributed by atoms with Gasteiger partial charge in [0.05, 0.1) is 17.2 Å². The molecule has 0 aliphatic heterocycles. The van der Waals surface area contributed by atoms with Crippen molar-refractivity contribution < 1.29 is 18.3 Å². The Kier molecular flexibility index (Phi) is 4.46. The van der Waals surface area contributed by atoms with Crippen molar-refractivity contribution in [2.45, 2.75) is 11.5 Å². The zero-order valence-electron chi connectivity index (χ0n) is 11.4. The van der Waals surface area contributed by atoms with Crippen LogP contribution in [0.3, 0.4) is 0 Å². The van der Waals surface area contributed by atoms with Gasteiger partial charge in [0.1, 0.15) is 11.5 Å². The molecule has 7 heteroatoms. The number of aliphatic hydroxyl groups excluding tert-OH is 1. The quantitative estimate of drug-likeness (QED) is 0.726. The molecule has 4 N–H and O–H groups in total. The first-order chi connectivity index (χ1) is 9.96. The van der Waals surface area contributed by atoms with Crippen molar-refractivity contribution in [3.63, 3.8) is 0 Å². The zero-order valence-corrected chi connectivity index (χ0v) is 12.2. The van der Waals surface area contributed by atoms with Gasteiger partial charge in [0.2, 0.25) is 10.0 Å². The fourth-order valence-electron chi connectivity index (χ4n) is 1.69. The highest BCUT2D eigenvalue weighted by Crippen LogP contribution is 2.29. The number of nitrogens with two attached hydrogens (primary N) is 1. The van der Waals surface area contributed by atoms with Gasteiger partial charge in [-0.3, -0.25) is 0 Å². The van der Waals surface area contributed by atoms with Crippen molar-refractivity contribution in [3.05, 3.63) is 48.0 Å². The van der Waals surface area contributed by atoms with E-state index < -0.39 is 10.0 Å². The van der Waals surface area contributed by atoms with E-state index in [1.807, 2.05) is 0 Å². The van der Waals surface area contributed by atoms with Crippen molar-refractivity contribution >= 4 is 15.7 Å². The summed E-state index contributed by atoms with van der Waals surface area (Å²) in [6.07, 6.45) is 0. The Bertz CT molecular complexity index is 727. The first-order valence-electron chi connectivity index (χ1n) is 6.17. The molecule has 0 spiro atoms. The molecular formula is C14H16N2O4S. The van der Waals surface area contributed by atoms with Crippen molar-refractivity contribution in [1.82, 2.24) is 4.72 Å². The Hall–Kier alpha value is -2.09. The zero-order chi connectivity index (χ0) is 15.5. The van der Waals surface area contributed by atoms with Crippen LogP contribution in [0.1, 0.15) is 5.56 Å². The second-order valence-corrected chi connectivity index (χ2v) is 6.20. The van der Waals surface area contributed by atoms with E-state index >= 15 is 0 Å². The third-order valence-electron chi connectivity index (χ3n) is 2.89. The maximum absolute atomic E-state index is 11.7. The summed E-state index contributed by atoms with van der Waals surface area (Å²) in [5, 5.41) is 8.97. The molecule has 0 bridgehead atoms. The molecule has 0 aromatic heterocycles. The molecule has 2 rings (SSSR count). The third-order valence-corrected chi connectivity index (χ3v) is 4.31. The lowest BCUT2D eigenvalue weighted by molar-refractivity contribution is 0.281. The Morgan fingerprint density at radius 3 is 2.38 bits per heavy atom. The fraction of sp³-hybridized carbons (Fsp3) is 0.143. The number of ether oxygens (including phenoxy) is 1. The standard InChI is InChI=1S/C14H16N2O4S/c1-16-21(18,19)12-6-7-14(13(15)8-12)20-11-4-2-10(9-17)3-5-11/h2-8,16-17H,9,15H2,1H3. The Morgan fingerprint density at radius 2 is 1.86 bits per heavy atom. The maximum Gasteiger partial charge on any atom is 0.240 e. The van der Waals surface area contributed by atoms with Gasteiger partial charge in [-0.25, -0.2) is 13.1 Å². The van der Waals surface area contributed by atoms with Crippen LogP contribution in [0.4, 0.5) is 5.69 Å². The maximum atomic E-state index is 11.7. The summed E-state index contributed by atoms with van der Waals surface area (Å²) in [6, 6.07) is 11.1. The molecule has 0 saturated carbocycles. The highest BCUT2D eigenvalue weighted by Gasteiger charge is 2.13. The molecule has 21 heavy (non-hydrogen) atoms. The lowest BCUT2D eigenvalue weighted by atomic mass is 10.2. The van der Waals surface area contributed by atoms with Gasteiger partial charge in [-0.15, -0.1) is 0 Å². The van der Waals surface area contributed by atoms with Gasteiger partial charge in [-0.1, -0.05) is 12.1 Å². The lowest BCUT2D eigenvalue weighted by Gasteiger charge is -2.10. The van der Waals surface area contributed by atoms with E-state index in [-0.39, 0.29) is 17.2 Å². The minimum absolute atomic E-state index is 0.0427. The van der Waals surface area contributed by atoms with Crippen molar-refractivity contribution in [2.75, 3.05) is 12.8 Å². The predicted octanol–water partition coefficient (Wildman–Crippen LogP) is 1.46. The molecule has 0 unspecified atom stereocenters. The second kappa shape index (κ2) is 6.13.